The molecule has 1 saturated carbocycles. The van der Waals surface area contributed by atoms with Crippen LogP contribution in [0.25, 0.3) is 0 Å². The van der Waals surface area contributed by atoms with E-state index >= 15 is 0 Å². The molecule has 2 N–H and O–H groups in total. The molecule has 0 unspecified atom stereocenters. The molecule has 0 bridgehead atoms. The van der Waals surface area contributed by atoms with Crippen molar-refractivity contribution in [2.45, 2.75) is 49.8 Å². The molecule has 6 heteroatoms. The topological polar surface area (TPSA) is 75.3 Å². The van der Waals surface area contributed by atoms with Gasteiger partial charge in [0, 0.05) is 12.2 Å². The van der Waals surface area contributed by atoms with Gasteiger partial charge in [-0.15, -0.1) is 0 Å². The van der Waals surface area contributed by atoms with Crippen LogP contribution in [-0.4, -0.2) is 20.9 Å². The summed E-state index contributed by atoms with van der Waals surface area (Å²) in [6.45, 7) is 4.37. The van der Waals surface area contributed by atoms with Gasteiger partial charge in [0.05, 0.1) is 10.3 Å². The SMILES string of the molecule is Cc1ccc(S(=O)(=O)Nc2ccc(C3(C(=O)NCCCc4ccccc4)CC3)cc2)c(C)c1. The van der Waals surface area contributed by atoms with Gasteiger partial charge >= 0.3 is 0 Å². The van der Waals surface area contributed by atoms with Gasteiger partial charge in [0.15, 0.2) is 0 Å². The van der Waals surface area contributed by atoms with E-state index in [1.807, 2.05) is 43.3 Å². The van der Waals surface area contributed by atoms with Crippen LogP contribution < -0.4 is 10.0 Å². The molecular formula is C27H30N2O3S. The maximum absolute atomic E-state index is 12.9. The molecule has 0 heterocycles. The Balaban J connectivity index is 1.36. The van der Waals surface area contributed by atoms with Crippen molar-refractivity contribution >= 4 is 21.6 Å². The molecular weight excluding hydrogens is 432 g/mol. The number of benzene rings is 3. The third-order valence-electron chi connectivity index (χ3n) is 6.26. The fraction of sp³-hybridized carbons (Fsp3) is 0.296. The van der Waals surface area contributed by atoms with Crippen LogP contribution in [0.2, 0.25) is 0 Å². The molecule has 0 aromatic heterocycles. The van der Waals surface area contributed by atoms with Crippen molar-refractivity contribution in [3.63, 3.8) is 0 Å². The minimum Gasteiger partial charge on any atom is -0.355 e. The van der Waals surface area contributed by atoms with E-state index in [0.29, 0.717) is 17.8 Å². The maximum atomic E-state index is 12.9. The molecule has 4 rings (SSSR count). The Labute approximate surface area is 196 Å². The molecule has 1 aliphatic rings. The Bertz CT molecular complexity index is 1230. The Morgan fingerprint density at radius 3 is 2.27 bits per heavy atom. The lowest BCUT2D eigenvalue weighted by atomic mass is 9.94. The summed E-state index contributed by atoms with van der Waals surface area (Å²) in [5.74, 6) is 0.0548. The number of anilines is 1. The first-order chi connectivity index (χ1) is 15.8. The van der Waals surface area contributed by atoms with Gasteiger partial charge in [-0.1, -0.05) is 60.2 Å². The van der Waals surface area contributed by atoms with Crippen molar-refractivity contribution in [1.82, 2.24) is 5.32 Å². The van der Waals surface area contributed by atoms with Crippen LogP contribution >= 0.6 is 0 Å². The number of carbonyl (C=O) groups is 1. The molecule has 33 heavy (non-hydrogen) atoms. The molecule has 3 aromatic rings. The highest BCUT2D eigenvalue weighted by Crippen LogP contribution is 2.48. The first kappa shape index (κ1) is 23.1. The summed E-state index contributed by atoms with van der Waals surface area (Å²) in [6, 6.07) is 22.7. The Morgan fingerprint density at radius 2 is 1.64 bits per heavy atom. The van der Waals surface area contributed by atoms with Gasteiger partial charge < -0.3 is 5.32 Å². The van der Waals surface area contributed by atoms with Crippen molar-refractivity contribution in [3.8, 4) is 0 Å². The molecule has 1 aliphatic carbocycles. The third kappa shape index (κ3) is 5.28. The third-order valence-corrected chi connectivity index (χ3v) is 7.81. The van der Waals surface area contributed by atoms with Crippen LogP contribution in [0.1, 0.15) is 41.5 Å². The minimum atomic E-state index is -3.68. The number of nitrogens with one attached hydrogen (secondary N) is 2. The van der Waals surface area contributed by atoms with Crippen LogP contribution in [0, 0.1) is 13.8 Å². The van der Waals surface area contributed by atoms with Gasteiger partial charge in [-0.05, 0) is 74.4 Å². The molecule has 0 atom stereocenters. The summed E-state index contributed by atoms with van der Waals surface area (Å²) in [5, 5.41) is 3.09. The second-order valence-corrected chi connectivity index (χ2v) is 10.5. The lowest BCUT2D eigenvalue weighted by molar-refractivity contribution is -0.123. The first-order valence-corrected chi connectivity index (χ1v) is 12.8. The summed E-state index contributed by atoms with van der Waals surface area (Å²) in [4.78, 5) is 13.1. The van der Waals surface area contributed by atoms with Crippen molar-refractivity contribution in [2.75, 3.05) is 11.3 Å². The van der Waals surface area contributed by atoms with E-state index in [9.17, 15) is 13.2 Å². The fourth-order valence-electron chi connectivity index (χ4n) is 4.25. The van der Waals surface area contributed by atoms with Gasteiger partial charge in [0.1, 0.15) is 0 Å². The molecule has 0 radical (unpaired) electrons. The zero-order chi connectivity index (χ0) is 23.5. The Hall–Kier alpha value is -3.12. The number of aryl methyl sites for hydroxylation is 3. The summed E-state index contributed by atoms with van der Waals surface area (Å²) < 4.78 is 28.3. The van der Waals surface area contributed by atoms with Crippen molar-refractivity contribution in [3.05, 3.63) is 95.1 Å². The standard InChI is InChI=1S/C27H30N2O3S/c1-20-10-15-25(21(2)19-20)33(31,32)29-24-13-11-23(12-14-24)27(16-17-27)26(30)28-18-6-9-22-7-4-3-5-8-22/h3-5,7-8,10-15,19,29H,6,9,16-18H2,1-2H3,(H,28,30). The monoisotopic (exact) mass is 462 g/mol. The predicted octanol–water partition coefficient (Wildman–Crippen LogP) is 4.88. The second-order valence-electron chi connectivity index (χ2n) is 8.88. The van der Waals surface area contributed by atoms with E-state index in [1.165, 1.54) is 5.56 Å². The molecule has 1 amide bonds. The second kappa shape index (κ2) is 9.40. The average Bonchev–Trinajstić information content (AvgIpc) is 3.59. The van der Waals surface area contributed by atoms with Crippen LogP contribution in [0.5, 0.6) is 0 Å². The quantitative estimate of drug-likeness (QED) is 0.445. The summed E-state index contributed by atoms with van der Waals surface area (Å²) in [5.41, 5.74) is 3.92. The van der Waals surface area contributed by atoms with Gasteiger partial charge in [-0.25, -0.2) is 8.42 Å². The van der Waals surface area contributed by atoms with E-state index in [0.717, 1.165) is 36.8 Å². The van der Waals surface area contributed by atoms with Crippen LogP contribution in [0.3, 0.4) is 0 Å². The molecule has 1 fully saturated rings. The Morgan fingerprint density at radius 1 is 0.939 bits per heavy atom. The van der Waals surface area contributed by atoms with Gasteiger partial charge in [0.25, 0.3) is 10.0 Å². The van der Waals surface area contributed by atoms with E-state index in [1.54, 1.807) is 31.2 Å². The smallest absolute Gasteiger partial charge is 0.262 e. The minimum absolute atomic E-state index is 0.0548. The Kier molecular flexibility index (Phi) is 6.56. The van der Waals surface area contributed by atoms with Crippen LogP contribution in [0.4, 0.5) is 5.69 Å². The zero-order valence-electron chi connectivity index (χ0n) is 19.1. The number of hydrogen-bond acceptors (Lipinski definition) is 3. The number of amides is 1. The summed E-state index contributed by atoms with van der Waals surface area (Å²) >= 11 is 0. The van der Waals surface area contributed by atoms with Crippen LogP contribution in [-0.2, 0) is 26.7 Å². The number of carbonyl (C=O) groups excluding carboxylic acids is 1. The normalized spacial score (nSPS) is 14.5. The van der Waals surface area contributed by atoms with Crippen molar-refractivity contribution < 1.29 is 13.2 Å². The zero-order valence-corrected chi connectivity index (χ0v) is 19.9. The van der Waals surface area contributed by atoms with Crippen LogP contribution in [0.15, 0.2) is 77.7 Å². The molecule has 5 nitrogen and oxygen atoms in total. The average molecular weight is 463 g/mol. The molecule has 172 valence electrons. The van der Waals surface area contributed by atoms with Gasteiger partial charge in [-0.2, -0.15) is 0 Å². The van der Waals surface area contributed by atoms with E-state index < -0.39 is 15.4 Å². The first-order valence-electron chi connectivity index (χ1n) is 11.3. The van der Waals surface area contributed by atoms with Crippen molar-refractivity contribution in [2.24, 2.45) is 0 Å². The molecule has 3 aromatic carbocycles. The van der Waals surface area contributed by atoms with Gasteiger partial charge in [-0.3, -0.25) is 9.52 Å². The number of rotatable bonds is 9. The number of sulfonamides is 1. The van der Waals surface area contributed by atoms with Crippen molar-refractivity contribution in [1.29, 1.82) is 0 Å². The highest BCUT2D eigenvalue weighted by Gasteiger charge is 2.51. The largest absolute Gasteiger partial charge is 0.355 e. The molecule has 0 saturated heterocycles. The molecule has 0 spiro atoms. The predicted molar refractivity (Wildman–Crippen MR) is 132 cm³/mol. The van der Waals surface area contributed by atoms with Gasteiger partial charge in [0.2, 0.25) is 5.91 Å². The highest BCUT2D eigenvalue weighted by atomic mass is 32.2. The van der Waals surface area contributed by atoms with E-state index in [4.69, 9.17) is 0 Å². The highest BCUT2D eigenvalue weighted by molar-refractivity contribution is 7.92. The summed E-state index contributed by atoms with van der Waals surface area (Å²) in [6.07, 6.45) is 3.45. The maximum Gasteiger partial charge on any atom is 0.262 e. The molecule has 0 aliphatic heterocycles. The fourth-order valence-corrected chi connectivity index (χ4v) is 5.53. The van der Waals surface area contributed by atoms with E-state index in [-0.39, 0.29) is 10.8 Å². The summed E-state index contributed by atoms with van der Waals surface area (Å²) in [7, 11) is -3.68. The number of hydrogen-bond donors (Lipinski definition) is 2. The van der Waals surface area contributed by atoms with E-state index in [2.05, 4.69) is 22.2 Å². The lowest BCUT2D eigenvalue weighted by Gasteiger charge is -2.17. The lowest BCUT2D eigenvalue weighted by Crippen LogP contribution is -2.35.